The molecule has 2 aromatic carbocycles. The van der Waals surface area contributed by atoms with Gasteiger partial charge in [-0.2, -0.15) is 8.78 Å². The highest BCUT2D eigenvalue weighted by atomic mass is 19.3. The van der Waals surface area contributed by atoms with Gasteiger partial charge in [-0.05, 0) is 42.7 Å². The predicted octanol–water partition coefficient (Wildman–Crippen LogP) is 7.12. The van der Waals surface area contributed by atoms with Crippen molar-refractivity contribution in [1.82, 2.24) is 0 Å². The molecule has 0 bridgehead atoms. The van der Waals surface area contributed by atoms with Gasteiger partial charge in [-0.25, -0.2) is 22.0 Å². The second-order valence-electron chi connectivity index (χ2n) is 6.38. The van der Waals surface area contributed by atoms with Gasteiger partial charge >= 0.3 is 6.11 Å². The number of allylic oxidation sites excluding steroid dienone is 1. The third-order valence-electron chi connectivity index (χ3n) is 4.03. The quantitative estimate of drug-likeness (QED) is 0.224. The molecule has 9 heteroatoms. The second kappa shape index (κ2) is 10.4. The van der Waals surface area contributed by atoms with Gasteiger partial charge in [0, 0.05) is 12.1 Å². The molecule has 0 aliphatic carbocycles. The normalized spacial score (nSPS) is 12.0. The molecule has 0 spiro atoms. The Morgan fingerprint density at radius 1 is 0.967 bits per heavy atom. The van der Waals surface area contributed by atoms with E-state index in [0.717, 1.165) is 37.1 Å². The Bertz CT molecular complexity index is 859. The molecule has 0 N–H and O–H groups in total. The average molecular weight is 436 g/mol. The molecule has 2 rings (SSSR count). The SMILES string of the molecule is CCCCCc1cc(F)c(C(F)(F)Oc2ccc(O/C=C/C(F)F)c(F)c2)c(F)c1. The summed E-state index contributed by atoms with van der Waals surface area (Å²) in [5.41, 5.74) is -1.36. The highest BCUT2D eigenvalue weighted by molar-refractivity contribution is 5.35. The minimum absolute atomic E-state index is 0.238. The van der Waals surface area contributed by atoms with Gasteiger partial charge in [0.15, 0.2) is 11.6 Å². The van der Waals surface area contributed by atoms with Crippen molar-refractivity contribution in [3.8, 4) is 11.5 Å². The van der Waals surface area contributed by atoms with Crippen LogP contribution in [0.5, 0.6) is 11.5 Å². The van der Waals surface area contributed by atoms with Crippen molar-refractivity contribution in [2.24, 2.45) is 0 Å². The number of aryl methyl sites for hydroxylation is 1. The van der Waals surface area contributed by atoms with Gasteiger partial charge in [-0.1, -0.05) is 19.8 Å². The minimum atomic E-state index is -4.43. The number of ether oxygens (including phenoxy) is 2. The standard InChI is InChI=1S/C21H19F7O2/c1-2-3-4-5-13-10-16(23)20(17(24)11-13)21(27,28)30-14-6-7-18(15(22)12-14)29-9-8-19(25)26/h6-12,19H,2-5H2,1H3/b9-8+. The molecule has 0 unspecified atom stereocenters. The van der Waals surface area contributed by atoms with Crippen LogP contribution < -0.4 is 9.47 Å². The number of halogens is 7. The molecule has 0 atom stereocenters. The van der Waals surface area contributed by atoms with Crippen molar-refractivity contribution in [3.05, 3.63) is 71.2 Å². The number of rotatable bonds is 10. The van der Waals surface area contributed by atoms with E-state index >= 15 is 0 Å². The second-order valence-corrected chi connectivity index (χ2v) is 6.38. The predicted molar refractivity (Wildman–Crippen MR) is 96.3 cm³/mol. The maximum absolute atomic E-state index is 14.4. The van der Waals surface area contributed by atoms with E-state index in [4.69, 9.17) is 0 Å². The summed E-state index contributed by atoms with van der Waals surface area (Å²) in [6.45, 7) is 1.95. The first-order chi connectivity index (χ1) is 14.1. The zero-order valence-electron chi connectivity index (χ0n) is 15.9. The molecular weight excluding hydrogens is 417 g/mol. The fraction of sp³-hybridized carbons (Fsp3) is 0.333. The Kier molecular flexibility index (Phi) is 8.14. The lowest BCUT2D eigenvalue weighted by molar-refractivity contribution is -0.189. The fourth-order valence-corrected chi connectivity index (χ4v) is 2.64. The van der Waals surface area contributed by atoms with Crippen LogP contribution in [0.1, 0.15) is 37.3 Å². The summed E-state index contributed by atoms with van der Waals surface area (Å²) in [6.07, 6.45) is -3.67. The van der Waals surface area contributed by atoms with Gasteiger partial charge in [-0.15, -0.1) is 0 Å². The van der Waals surface area contributed by atoms with Crippen molar-refractivity contribution >= 4 is 0 Å². The van der Waals surface area contributed by atoms with E-state index in [2.05, 4.69) is 9.47 Å². The summed E-state index contributed by atoms with van der Waals surface area (Å²) < 4.78 is 104. The Hall–Kier alpha value is -2.71. The molecule has 0 fully saturated rings. The largest absolute Gasteiger partial charge is 0.462 e. The van der Waals surface area contributed by atoms with Gasteiger partial charge < -0.3 is 9.47 Å². The topological polar surface area (TPSA) is 18.5 Å². The van der Waals surface area contributed by atoms with Crippen LogP contribution in [0.15, 0.2) is 42.7 Å². The van der Waals surface area contributed by atoms with Crippen LogP contribution in [0.4, 0.5) is 30.7 Å². The molecule has 0 aliphatic heterocycles. The van der Waals surface area contributed by atoms with Crippen LogP contribution in [0.25, 0.3) is 0 Å². The van der Waals surface area contributed by atoms with Crippen molar-refractivity contribution < 1.29 is 40.2 Å². The Balaban J connectivity index is 2.18. The lowest BCUT2D eigenvalue weighted by Gasteiger charge is -2.20. The molecule has 0 heterocycles. The van der Waals surface area contributed by atoms with Crippen molar-refractivity contribution in [3.63, 3.8) is 0 Å². The molecule has 0 amide bonds. The van der Waals surface area contributed by atoms with Gasteiger partial charge in [0.1, 0.15) is 22.9 Å². The van der Waals surface area contributed by atoms with Crippen LogP contribution in [0, 0.1) is 17.5 Å². The third kappa shape index (κ3) is 6.40. The van der Waals surface area contributed by atoms with Gasteiger partial charge in [0.2, 0.25) is 0 Å². The van der Waals surface area contributed by atoms with Crippen molar-refractivity contribution in [2.45, 2.75) is 45.1 Å². The highest BCUT2D eigenvalue weighted by Gasteiger charge is 2.41. The molecule has 2 nitrogen and oxygen atoms in total. The summed E-state index contributed by atoms with van der Waals surface area (Å²) in [5, 5.41) is 0. The van der Waals surface area contributed by atoms with E-state index in [1.165, 1.54) is 0 Å². The molecule has 0 aromatic heterocycles. The van der Waals surface area contributed by atoms with Crippen molar-refractivity contribution in [2.75, 3.05) is 0 Å². The number of benzene rings is 2. The average Bonchev–Trinajstić information content (AvgIpc) is 2.62. The molecular formula is C21H19F7O2. The lowest BCUT2D eigenvalue weighted by atomic mass is 10.0. The molecule has 0 aliphatic rings. The summed E-state index contributed by atoms with van der Waals surface area (Å²) in [5.74, 6) is -5.44. The van der Waals surface area contributed by atoms with Crippen LogP contribution in [-0.2, 0) is 12.5 Å². The Morgan fingerprint density at radius 2 is 1.63 bits per heavy atom. The van der Waals surface area contributed by atoms with E-state index in [1.807, 2.05) is 6.92 Å². The molecule has 0 saturated carbocycles. The van der Waals surface area contributed by atoms with E-state index in [1.54, 1.807) is 0 Å². The van der Waals surface area contributed by atoms with Crippen LogP contribution in [-0.4, -0.2) is 6.43 Å². The zero-order chi connectivity index (χ0) is 22.3. The van der Waals surface area contributed by atoms with Crippen LogP contribution in [0.2, 0.25) is 0 Å². The minimum Gasteiger partial charge on any atom is -0.462 e. The Labute approximate surface area is 168 Å². The molecule has 30 heavy (non-hydrogen) atoms. The summed E-state index contributed by atoms with van der Waals surface area (Å²) in [7, 11) is 0. The van der Waals surface area contributed by atoms with E-state index < -0.39 is 47.0 Å². The van der Waals surface area contributed by atoms with E-state index in [9.17, 15) is 30.7 Å². The maximum Gasteiger partial charge on any atom is 0.432 e. The maximum atomic E-state index is 14.4. The monoisotopic (exact) mass is 436 g/mol. The van der Waals surface area contributed by atoms with Gasteiger partial charge in [0.05, 0.1) is 6.26 Å². The number of alkyl halides is 4. The number of hydrogen-bond acceptors (Lipinski definition) is 2. The molecule has 2 aromatic rings. The number of hydrogen-bond donors (Lipinski definition) is 0. The fourth-order valence-electron chi connectivity index (χ4n) is 2.64. The zero-order valence-corrected chi connectivity index (χ0v) is 15.9. The molecule has 0 radical (unpaired) electrons. The smallest absolute Gasteiger partial charge is 0.432 e. The van der Waals surface area contributed by atoms with Gasteiger partial charge in [0.25, 0.3) is 6.43 Å². The molecule has 0 saturated heterocycles. The first-order valence-corrected chi connectivity index (χ1v) is 9.10. The first-order valence-electron chi connectivity index (χ1n) is 9.10. The summed E-state index contributed by atoms with van der Waals surface area (Å²) in [6, 6.07) is 3.81. The summed E-state index contributed by atoms with van der Waals surface area (Å²) >= 11 is 0. The summed E-state index contributed by atoms with van der Waals surface area (Å²) in [4.78, 5) is 0. The number of unbranched alkanes of at least 4 members (excludes halogenated alkanes) is 2. The third-order valence-corrected chi connectivity index (χ3v) is 4.03. The van der Waals surface area contributed by atoms with Crippen LogP contribution in [0.3, 0.4) is 0 Å². The first kappa shape index (κ1) is 23.6. The highest BCUT2D eigenvalue weighted by Crippen LogP contribution is 2.36. The Morgan fingerprint density at radius 3 is 2.20 bits per heavy atom. The van der Waals surface area contributed by atoms with Gasteiger partial charge in [-0.3, -0.25) is 0 Å². The van der Waals surface area contributed by atoms with Crippen LogP contribution >= 0.6 is 0 Å². The van der Waals surface area contributed by atoms with Crippen molar-refractivity contribution in [1.29, 1.82) is 0 Å². The lowest BCUT2D eigenvalue weighted by Crippen LogP contribution is -2.25. The van der Waals surface area contributed by atoms with E-state index in [-0.39, 0.29) is 5.56 Å². The van der Waals surface area contributed by atoms with E-state index in [0.29, 0.717) is 31.2 Å². The molecule has 164 valence electrons.